The Morgan fingerprint density at radius 3 is 2.58 bits per heavy atom. The van der Waals surface area contributed by atoms with Gasteiger partial charge in [0.05, 0.1) is 29.1 Å². The Kier molecular flexibility index (Phi) is 6.62. The maximum Gasteiger partial charge on any atom is 0.387 e. The van der Waals surface area contributed by atoms with Crippen LogP contribution in [0.2, 0.25) is 5.02 Å². The quantitative estimate of drug-likeness (QED) is 0.253. The number of benzene rings is 1. The number of nitrogens with one attached hydrogen (secondary N) is 2. The van der Waals surface area contributed by atoms with E-state index in [0.29, 0.717) is 46.5 Å². The fourth-order valence-electron chi connectivity index (χ4n) is 4.75. The van der Waals surface area contributed by atoms with Gasteiger partial charge in [0.2, 0.25) is 0 Å². The van der Waals surface area contributed by atoms with Crippen molar-refractivity contribution in [1.82, 2.24) is 19.9 Å². The van der Waals surface area contributed by atoms with E-state index < -0.39 is 48.0 Å². The second-order valence-electron chi connectivity index (χ2n) is 8.71. The van der Waals surface area contributed by atoms with Crippen molar-refractivity contribution in [3.8, 4) is 17.0 Å². The lowest BCUT2D eigenvalue weighted by molar-refractivity contribution is -0.0506. The number of aromatic amines is 2. The highest BCUT2D eigenvalue weighted by molar-refractivity contribution is 6.31. The smallest absolute Gasteiger partial charge is 0.387 e. The maximum atomic E-state index is 14.4. The third-order valence-corrected chi connectivity index (χ3v) is 6.92. The number of imidazole rings is 1. The Morgan fingerprint density at radius 2 is 1.89 bits per heavy atom. The zero-order valence-corrected chi connectivity index (χ0v) is 19.3. The minimum Gasteiger partial charge on any atom is -0.434 e. The van der Waals surface area contributed by atoms with Crippen LogP contribution in [-0.4, -0.2) is 55.6 Å². The summed E-state index contributed by atoms with van der Waals surface area (Å²) in [5.41, 5.74) is 1.71. The van der Waals surface area contributed by atoms with Gasteiger partial charge < -0.3 is 24.9 Å². The maximum absolute atomic E-state index is 14.4. The highest BCUT2D eigenvalue weighted by Gasteiger charge is 2.34. The second kappa shape index (κ2) is 9.72. The molecule has 4 N–H and O–H groups in total. The third-order valence-electron chi connectivity index (χ3n) is 6.54. The standard InChI is InChI=1S/C24H21ClF4N4O3/c25-21-15(27)1-2-19(36-24(28)29)20(21)13(6-26)14-8-31-23-12(14)3-11(7-30-23)16-9-32-22(33-16)10-4-17(34)18(35)5-10/h1-3,7-10,13,17-18,24,34-35H,4-6H2,(H,30,31)(H,32,33)/t10?,13-,17-,18+/m1/s1. The monoisotopic (exact) mass is 524 g/mol. The second-order valence-corrected chi connectivity index (χ2v) is 9.09. The first kappa shape index (κ1) is 24.5. The van der Waals surface area contributed by atoms with Crippen LogP contribution in [0, 0.1) is 5.82 Å². The third kappa shape index (κ3) is 4.42. The van der Waals surface area contributed by atoms with E-state index in [9.17, 15) is 27.8 Å². The summed E-state index contributed by atoms with van der Waals surface area (Å²) in [5, 5.41) is 19.6. The van der Waals surface area contributed by atoms with E-state index in [1.165, 1.54) is 6.20 Å². The fraction of sp³-hybridized carbons (Fsp3) is 0.333. The van der Waals surface area contributed by atoms with Crippen LogP contribution in [-0.2, 0) is 0 Å². The molecule has 1 aliphatic carbocycles. The normalized spacial score (nSPS) is 20.9. The molecule has 0 bridgehead atoms. The Labute approximate surface area is 207 Å². The van der Waals surface area contributed by atoms with Crippen molar-refractivity contribution in [1.29, 1.82) is 0 Å². The van der Waals surface area contributed by atoms with Gasteiger partial charge in [-0.3, -0.25) is 4.39 Å². The number of aromatic nitrogens is 4. The first-order chi connectivity index (χ1) is 17.3. The molecular formula is C24H21ClF4N4O3. The molecule has 3 heterocycles. The van der Waals surface area contributed by atoms with E-state index in [1.54, 1.807) is 18.5 Å². The Bertz CT molecular complexity index is 1390. The zero-order valence-electron chi connectivity index (χ0n) is 18.6. The van der Waals surface area contributed by atoms with Gasteiger partial charge in [-0.1, -0.05) is 11.6 Å². The van der Waals surface area contributed by atoms with Crippen molar-refractivity contribution in [3.05, 3.63) is 64.6 Å². The Balaban J connectivity index is 1.54. The highest BCUT2D eigenvalue weighted by Crippen LogP contribution is 2.42. The lowest BCUT2D eigenvalue weighted by Crippen LogP contribution is -2.17. The van der Waals surface area contributed by atoms with Crippen molar-refractivity contribution < 1.29 is 32.5 Å². The number of nitrogens with zero attached hydrogens (tertiary/aromatic N) is 2. The number of aliphatic hydroxyl groups is 2. The molecular weight excluding hydrogens is 504 g/mol. The molecule has 7 nitrogen and oxygen atoms in total. The van der Waals surface area contributed by atoms with Crippen molar-refractivity contribution in [2.75, 3.05) is 6.67 Å². The molecule has 0 aliphatic heterocycles. The summed E-state index contributed by atoms with van der Waals surface area (Å²) in [6.45, 7) is -4.28. The number of aliphatic hydroxyl groups excluding tert-OH is 2. The summed E-state index contributed by atoms with van der Waals surface area (Å²) in [5.74, 6) is -2.06. The van der Waals surface area contributed by atoms with E-state index in [4.69, 9.17) is 11.6 Å². The molecule has 4 atom stereocenters. The lowest BCUT2D eigenvalue weighted by atomic mass is 9.91. The molecule has 0 amide bonds. The average Bonchev–Trinajstić information content (AvgIpc) is 3.57. The van der Waals surface area contributed by atoms with Gasteiger partial charge in [0.25, 0.3) is 0 Å². The predicted molar refractivity (Wildman–Crippen MR) is 124 cm³/mol. The molecule has 1 aliphatic rings. The van der Waals surface area contributed by atoms with Gasteiger partial charge in [-0.25, -0.2) is 14.4 Å². The van der Waals surface area contributed by atoms with Crippen molar-refractivity contribution >= 4 is 22.6 Å². The van der Waals surface area contributed by atoms with Crippen LogP contribution in [0.25, 0.3) is 22.3 Å². The molecule has 4 aromatic rings. The van der Waals surface area contributed by atoms with Gasteiger partial charge in [-0.05, 0) is 36.6 Å². The van der Waals surface area contributed by atoms with Gasteiger partial charge in [-0.2, -0.15) is 8.78 Å². The molecule has 0 radical (unpaired) electrons. The number of alkyl halides is 3. The van der Waals surface area contributed by atoms with E-state index in [-0.39, 0.29) is 11.5 Å². The van der Waals surface area contributed by atoms with E-state index in [0.717, 1.165) is 12.1 Å². The summed E-state index contributed by atoms with van der Waals surface area (Å²) >= 11 is 6.09. The van der Waals surface area contributed by atoms with Crippen LogP contribution in [0.1, 0.15) is 41.6 Å². The minimum absolute atomic E-state index is 0.137. The number of rotatable bonds is 7. The largest absolute Gasteiger partial charge is 0.434 e. The summed E-state index contributed by atoms with van der Waals surface area (Å²) in [6, 6.07) is 3.59. The molecule has 36 heavy (non-hydrogen) atoms. The van der Waals surface area contributed by atoms with Gasteiger partial charge in [0.1, 0.15) is 29.7 Å². The van der Waals surface area contributed by atoms with Crippen molar-refractivity contribution in [2.45, 2.75) is 43.5 Å². The number of H-pyrrole nitrogens is 2. The first-order valence-corrected chi connectivity index (χ1v) is 11.5. The number of halogens is 5. The van der Waals surface area contributed by atoms with Crippen LogP contribution >= 0.6 is 11.6 Å². The molecule has 0 saturated heterocycles. The molecule has 0 spiro atoms. The number of hydrogen-bond acceptors (Lipinski definition) is 5. The van der Waals surface area contributed by atoms with Crippen LogP contribution in [0.3, 0.4) is 0 Å². The fourth-order valence-corrected chi connectivity index (χ4v) is 5.04. The molecule has 190 valence electrons. The SMILES string of the molecule is O[C@@H]1CC(c2ncc(-c3cnc4[nH]cc([C@@H](CF)c5c(OC(F)F)ccc(F)c5Cl)c4c3)[nH]2)C[C@@H]1O. The summed E-state index contributed by atoms with van der Waals surface area (Å²) in [6.07, 6.45) is 3.77. The molecule has 1 fully saturated rings. The summed E-state index contributed by atoms with van der Waals surface area (Å²) in [4.78, 5) is 14.8. The summed E-state index contributed by atoms with van der Waals surface area (Å²) < 4.78 is 59.1. The minimum atomic E-state index is -3.21. The van der Waals surface area contributed by atoms with E-state index >= 15 is 0 Å². The molecule has 3 aromatic heterocycles. The van der Waals surface area contributed by atoms with Crippen LogP contribution < -0.4 is 4.74 Å². The van der Waals surface area contributed by atoms with Gasteiger partial charge in [0, 0.05) is 40.7 Å². The van der Waals surface area contributed by atoms with Gasteiger partial charge >= 0.3 is 6.61 Å². The first-order valence-electron chi connectivity index (χ1n) is 11.1. The topological polar surface area (TPSA) is 107 Å². The Morgan fingerprint density at radius 1 is 1.14 bits per heavy atom. The zero-order chi connectivity index (χ0) is 25.6. The van der Waals surface area contributed by atoms with E-state index in [1.807, 2.05) is 0 Å². The van der Waals surface area contributed by atoms with Crippen molar-refractivity contribution in [3.63, 3.8) is 0 Å². The highest BCUT2D eigenvalue weighted by atomic mass is 35.5. The van der Waals surface area contributed by atoms with Crippen LogP contribution in [0.4, 0.5) is 17.6 Å². The molecule has 1 saturated carbocycles. The molecule has 1 unspecified atom stereocenters. The number of fused-ring (bicyclic) bond motifs is 1. The predicted octanol–water partition coefficient (Wildman–Crippen LogP) is 5.05. The molecule has 1 aromatic carbocycles. The van der Waals surface area contributed by atoms with Gasteiger partial charge in [0.15, 0.2) is 0 Å². The molecule has 5 rings (SSSR count). The van der Waals surface area contributed by atoms with E-state index in [2.05, 4.69) is 24.7 Å². The molecule has 12 heteroatoms. The number of ether oxygens (including phenoxy) is 1. The van der Waals surface area contributed by atoms with Crippen LogP contribution in [0.5, 0.6) is 5.75 Å². The van der Waals surface area contributed by atoms with Crippen molar-refractivity contribution in [2.24, 2.45) is 0 Å². The Hall–Kier alpha value is -3.15. The van der Waals surface area contributed by atoms with Gasteiger partial charge in [-0.15, -0.1) is 0 Å². The van der Waals surface area contributed by atoms with Crippen LogP contribution in [0.15, 0.2) is 36.8 Å². The average molecular weight is 525 g/mol. The summed E-state index contributed by atoms with van der Waals surface area (Å²) in [7, 11) is 0. The number of pyridine rings is 1. The number of hydrogen-bond donors (Lipinski definition) is 4. The lowest BCUT2D eigenvalue weighted by Gasteiger charge is -2.19.